The fourth-order valence-corrected chi connectivity index (χ4v) is 0.605. The van der Waals surface area contributed by atoms with E-state index in [-0.39, 0.29) is 0 Å². The minimum absolute atomic E-state index is 0.391. The van der Waals surface area contributed by atoms with E-state index in [2.05, 4.69) is 16.0 Å². The highest BCUT2D eigenvalue weighted by Gasteiger charge is 1.86. The van der Waals surface area contributed by atoms with Crippen molar-refractivity contribution in [1.82, 2.24) is 4.98 Å². The van der Waals surface area contributed by atoms with Crippen LogP contribution in [0.4, 0.5) is 0 Å². The van der Waals surface area contributed by atoms with Crippen molar-refractivity contribution < 1.29 is 4.42 Å². The summed E-state index contributed by atoms with van der Waals surface area (Å²) in [7, 11) is 0. The van der Waals surface area contributed by atoms with E-state index in [0.717, 1.165) is 0 Å². The normalized spacial score (nSPS) is 12.3. The van der Waals surface area contributed by atoms with E-state index in [4.69, 9.17) is 0 Å². The van der Waals surface area contributed by atoms with Gasteiger partial charge in [-0.1, -0.05) is 12.7 Å². The van der Waals surface area contributed by atoms with Crippen molar-refractivity contribution in [3.63, 3.8) is 0 Å². The van der Waals surface area contributed by atoms with Crippen LogP contribution in [0.3, 0.4) is 0 Å². The van der Waals surface area contributed by atoms with Crippen molar-refractivity contribution >= 4 is 12.7 Å². The maximum Gasteiger partial charge on any atom is 0.417 e. The number of aromatic amines is 1. The molecule has 0 saturated heterocycles. The molecule has 0 amide bonds. The van der Waals surface area contributed by atoms with E-state index in [1.54, 1.807) is 13.0 Å². The molecule has 0 fully saturated rings. The molecule has 0 spiro atoms. The van der Waals surface area contributed by atoms with Crippen LogP contribution in [0.15, 0.2) is 9.21 Å². The summed E-state index contributed by atoms with van der Waals surface area (Å²) in [6, 6.07) is 0. The van der Waals surface area contributed by atoms with Crippen molar-refractivity contribution in [2.45, 2.75) is 6.92 Å². The van der Waals surface area contributed by atoms with Crippen LogP contribution >= 0.6 is 0 Å². The average Bonchev–Trinajstić information content (AvgIpc) is 2.10. The summed E-state index contributed by atoms with van der Waals surface area (Å²) in [6.45, 7) is 5.28. The lowest BCUT2D eigenvalue weighted by Crippen LogP contribution is -2.19. The Labute approximate surface area is 51.3 Å². The Kier molecular flexibility index (Phi) is 1.26. The Morgan fingerprint density at radius 2 is 2.44 bits per heavy atom. The smallest absolute Gasteiger partial charge is 0.409 e. The fraction of sp³-hybridized carbons (Fsp3) is 0.167. The van der Waals surface area contributed by atoms with Gasteiger partial charge in [0.1, 0.15) is 5.42 Å². The van der Waals surface area contributed by atoms with Crippen LogP contribution in [0.2, 0.25) is 0 Å². The molecule has 1 aromatic heterocycles. The molecule has 0 aromatic carbocycles. The quantitative estimate of drug-likeness (QED) is 0.492. The van der Waals surface area contributed by atoms with Crippen LogP contribution in [-0.4, -0.2) is 4.98 Å². The molecule has 0 aliphatic rings. The SMILES string of the molecule is C=c1oc(=O)[nH]/c1=C\C. The molecule has 1 rings (SSSR count). The third kappa shape index (κ3) is 0.937. The number of oxazole rings is 1. The van der Waals surface area contributed by atoms with Gasteiger partial charge in [0.25, 0.3) is 0 Å². The lowest BCUT2D eigenvalue weighted by Gasteiger charge is -1.64. The Balaban J connectivity index is 3.72. The monoisotopic (exact) mass is 125 g/mol. The predicted molar refractivity (Wildman–Crippen MR) is 34.2 cm³/mol. The highest BCUT2D eigenvalue weighted by atomic mass is 16.4. The first kappa shape index (κ1) is 5.88. The van der Waals surface area contributed by atoms with Crippen LogP contribution in [-0.2, 0) is 0 Å². The van der Waals surface area contributed by atoms with Crippen LogP contribution in [0, 0.1) is 0 Å². The number of hydrogen-bond acceptors (Lipinski definition) is 2. The lowest BCUT2D eigenvalue weighted by atomic mass is 10.5. The molecular weight excluding hydrogens is 118 g/mol. The van der Waals surface area contributed by atoms with Gasteiger partial charge in [0.2, 0.25) is 0 Å². The number of aromatic nitrogens is 1. The Bertz CT molecular complexity index is 344. The van der Waals surface area contributed by atoms with Gasteiger partial charge in [-0.05, 0) is 6.92 Å². The first-order valence-corrected chi connectivity index (χ1v) is 2.58. The minimum Gasteiger partial charge on any atom is -0.409 e. The molecule has 0 atom stereocenters. The summed E-state index contributed by atoms with van der Waals surface area (Å²) in [6.07, 6.45) is 1.73. The highest BCUT2D eigenvalue weighted by molar-refractivity contribution is 5.13. The molecular formula is C6H7NO2. The second-order valence-corrected chi connectivity index (χ2v) is 1.64. The second-order valence-electron chi connectivity index (χ2n) is 1.64. The first-order valence-electron chi connectivity index (χ1n) is 2.58. The first-order chi connectivity index (χ1) is 4.24. The van der Waals surface area contributed by atoms with E-state index in [1.165, 1.54) is 0 Å². The van der Waals surface area contributed by atoms with Gasteiger partial charge >= 0.3 is 5.76 Å². The molecule has 9 heavy (non-hydrogen) atoms. The molecule has 0 bridgehead atoms. The van der Waals surface area contributed by atoms with Crippen molar-refractivity contribution in [2.75, 3.05) is 0 Å². The zero-order chi connectivity index (χ0) is 6.85. The zero-order valence-electron chi connectivity index (χ0n) is 5.10. The van der Waals surface area contributed by atoms with Crippen molar-refractivity contribution in [1.29, 1.82) is 0 Å². The van der Waals surface area contributed by atoms with E-state index in [0.29, 0.717) is 10.8 Å². The Morgan fingerprint density at radius 1 is 1.78 bits per heavy atom. The van der Waals surface area contributed by atoms with Crippen LogP contribution in [0.25, 0.3) is 12.7 Å². The maximum atomic E-state index is 10.4. The summed E-state index contributed by atoms with van der Waals surface area (Å²) in [5.74, 6) is -0.451. The van der Waals surface area contributed by atoms with Crippen LogP contribution in [0.5, 0.6) is 0 Å². The maximum absolute atomic E-state index is 10.4. The number of rotatable bonds is 0. The average molecular weight is 125 g/mol. The summed E-state index contributed by atoms with van der Waals surface area (Å²) in [4.78, 5) is 12.8. The van der Waals surface area contributed by atoms with Crippen LogP contribution < -0.4 is 16.5 Å². The van der Waals surface area contributed by atoms with Crippen molar-refractivity contribution in [3.8, 4) is 0 Å². The summed E-state index contributed by atoms with van der Waals surface area (Å²) >= 11 is 0. The van der Waals surface area contributed by atoms with E-state index in [9.17, 15) is 4.79 Å². The molecule has 0 aliphatic heterocycles. The topological polar surface area (TPSA) is 46.0 Å². The third-order valence-corrected chi connectivity index (χ3v) is 1.04. The van der Waals surface area contributed by atoms with Gasteiger partial charge in [0, 0.05) is 0 Å². The molecule has 1 heterocycles. The molecule has 1 N–H and O–H groups in total. The van der Waals surface area contributed by atoms with Gasteiger partial charge in [-0.25, -0.2) is 4.79 Å². The van der Waals surface area contributed by atoms with E-state index >= 15 is 0 Å². The van der Waals surface area contributed by atoms with E-state index in [1.807, 2.05) is 0 Å². The minimum atomic E-state index is -0.451. The number of nitrogens with one attached hydrogen (secondary N) is 1. The zero-order valence-corrected chi connectivity index (χ0v) is 5.10. The van der Waals surface area contributed by atoms with Gasteiger partial charge in [0.05, 0.1) is 5.35 Å². The van der Waals surface area contributed by atoms with E-state index < -0.39 is 5.76 Å². The standard InChI is InChI=1S/C6H7NO2/c1-3-5-4(2)9-6(8)7-5/h3H,2H2,1H3,(H,7,8)/b5-3-. The molecule has 0 radical (unpaired) electrons. The summed E-state index contributed by atoms with van der Waals surface area (Å²) in [5, 5.41) is 0.653. The predicted octanol–water partition coefficient (Wildman–Crippen LogP) is -0.821. The van der Waals surface area contributed by atoms with Crippen LogP contribution in [0.1, 0.15) is 6.92 Å². The largest absolute Gasteiger partial charge is 0.417 e. The van der Waals surface area contributed by atoms with Gasteiger partial charge in [0.15, 0.2) is 0 Å². The molecule has 48 valence electrons. The lowest BCUT2D eigenvalue weighted by molar-refractivity contribution is 0.487. The highest BCUT2D eigenvalue weighted by Crippen LogP contribution is 1.50. The summed E-state index contributed by atoms with van der Waals surface area (Å²) in [5.41, 5.74) is 0.391. The summed E-state index contributed by atoms with van der Waals surface area (Å²) < 4.78 is 4.55. The molecule has 0 unspecified atom stereocenters. The molecule has 3 heteroatoms. The van der Waals surface area contributed by atoms with Gasteiger partial charge in [-0.15, -0.1) is 0 Å². The molecule has 0 aliphatic carbocycles. The second kappa shape index (κ2) is 1.93. The number of hydrogen-bond donors (Lipinski definition) is 1. The Morgan fingerprint density at radius 3 is 2.67 bits per heavy atom. The molecule has 1 aromatic rings. The van der Waals surface area contributed by atoms with Crippen molar-refractivity contribution in [2.24, 2.45) is 0 Å². The van der Waals surface area contributed by atoms with Gasteiger partial charge < -0.3 is 4.42 Å². The van der Waals surface area contributed by atoms with Crippen molar-refractivity contribution in [3.05, 3.63) is 21.3 Å². The van der Waals surface area contributed by atoms with Gasteiger partial charge in [-0.2, -0.15) is 0 Å². The molecule has 0 saturated carbocycles. The van der Waals surface area contributed by atoms with Gasteiger partial charge in [-0.3, -0.25) is 4.98 Å². The molecule has 3 nitrogen and oxygen atoms in total. The number of H-pyrrole nitrogens is 1. The Hall–Kier alpha value is -1.25. The fourth-order valence-electron chi connectivity index (χ4n) is 0.605. The third-order valence-electron chi connectivity index (χ3n) is 1.04.